The number of hydrogen-bond acceptors (Lipinski definition) is 6. The van der Waals surface area contributed by atoms with Crippen LogP contribution in [0.4, 0.5) is 5.82 Å². The Labute approximate surface area is 156 Å². The van der Waals surface area contributed by atoms with Gasteiger partial charge in [-0.3, -0.25) is 4.79 Å². The van der Waals surface area contributed by atoms with Crippen molar-refractivity contribution >= 4 is 11.7 Å². The smallest absolute Gasteiger partial charge is 0.275 e. The molecule has 27 heavy (non-hydrogen) atoms. The zero-order valence-electron chi connectivity index (χ0n) is 14.8. The second-order valence-electron chi connectivity index (χ2n) is 5.98. The number of pyridine rings is 2. The van der Waals surface area contributed by atoms with Gasteiger partial charge in [-0.1, -0.05) is 12.1 Å². The summed E-state index contributed by atoms with van der Waals surface area (Å²) in [5.41, 5.74) is 2.81. The van der Waals surface area contributed by atoms with Crippen LogP contribution in [0.3, 0.4) is 0 Å². The summed E-state index contributed by atoms with van der Waals surface area (Å²) >= 11 is 0. The lowest BCUT2D eigenvalue weighted by molar-refractivity contribution is 0.102. The molecule has 7 nitrogen and oxygen atoms in total. The lowest BCUT2D eigenvalue weighted by Gasteiger charge is -2.25. The quantitative estimate of drug-likeness (QED) is 0.873. The van der Waals surface area contributed by atoms with Gasteiger partial charge >= 0.3 is 0 Å². The number of hydrogen-bond donors (Lipinski definition) is 2. The third-order valence-electron chi connectivity index (χ3n) is 4.21. The number of nitrogens with one attached hydrogen (secondary N) is 2. The Kier molecular flexibility index (Phi) is 4.96. The maximum Gasteiger partial charge on any atom is 0.275 e. The molecule has 0 saturated heterocycles. The average Bonchev–Trinajstić information content (AvgIpc) is 2.68. The van der Waals surface area contributed by atoms with E-state index in [2.05, 4.69) is 32.7 Å². The van der Waals surface area contributed by atoms with Crippen LogP contribution < -0.4 is 10.6 Å². The summed E-state index contributed by atoms with van der Waals surface area (Å²) in [6.45, 7) is 3.56. The number of dihydropyridines is 1. The summed E-state index contributed by atoms with van der Waals surface area (Å²) in [7, 11) is 0. The van der Waals surface area contributed by atoms with Crippen LogP contribution in [0, 0.1) is 22.7 Å². The standard InChI is InChI=1S/C20H16N6O/c1-12-14(10-21)19(15(11-22)13(2)24-12)16-6-5-7-17(25-16)20(27)26-18-8-3-4-9-23-18/h3-9,19,24H,1-2H3,(H,23,26,27). The molecular formula is C20H16N6O. The molecule has 132 valence electrons. The van der Waals surface area contributed by atoms with Gasteiger partial charge in [-0.05, 0) is 38.1 Å². The first kappa shape index (κ1) is 17.8. The van der Waals surface area contributed by atoms with Crippen LogP contribution >= 0.6 is 0 Å². The topological polar surface area (TPSA) is 114 Å². The molecule has 0 atom stereocenters. The molecule has 0 saturated carbocycles. The van der Waals surface area contributed by atoms with Gasteiger partial charge in [0, 0.05) is 17.6 Å². The summed E-state index contributed by atoms with van der Waals surface area (Å²) in [4.78, 5) is 21.0. The number of nitriles is 2. The predicted octanol–water partition coefficient (Wildman–Crippen LogP) is 3.01. The van der Waals surface area contributed by atoms with Gasteiger partial charge in [0.25, 0.3) is 5.91 Å². The van der Waals surface area contributed by atoms with Gasteiger partial charge in [0.1, 0.15) is 11.5 Å². The van der Waals surface area contributed by atoms with E-state index in [1.165, 1.54) is 0 Å². The van der Waals surface area contributed by atoms with E-state index in [-0.39, 0.29) is 5.69 Å². The van der Waals surface area contributed by atoms with Gasteiger partial charge in [-0.15, -0.1) is 0 Å². The van der Waals surface area contributed by atoms with Crippen LogP contribution in [0.2, 0.25) is 0 Å². The van der Waals surface area contributed by atoms with Crippen molar-refractivity contribution in [3.63, 3.8) is 0 Å². The van der Waals surface area contributed by atoms with E-state index in [9.17, 15) is 15.3 Å². The molecule has 7 heteroatoms. The number of amides is 1. The zero-order valence-corrected chi connectivity index (χ0v) is 14.8. The highest BCUT2D eigenvalue weighted by molar-refractivity contribution is 6.02. The maximum atomic E-state index is 12.5. The molecule has 1 aliphatic rings. The number of nitrogens with zero attached hydrogens (tertiary/aromatic N) is 4. The lowest BCUT2D eigenvalue weighted by atomic mass is 9.84. The zero-order chi connectivity index (χ0) is 19.4. The van der Waals surface area contributed by atoms with Crippen molar-refractivity contribution in [1.82, 2.24) is 15.3 Å². The fourth-order valence-electron chi connectivity index (χ4n) is 2.94. The highest BCUT2D eigenvalue weighted by atomic mass is 16.1. The molecular weight excluding hydrogens is 340 g/mol. The fraction of sp³-hybridized carbons (Fsp3) is 0.150. The molecule has 2 N–H and O–H groups in total. The van der Waals surface area contributed by atoms with Gasteiger partial charge in [0.05, 0.1) is 34.9 Å². The monoisotopic (exact) mass is 356 g/mol. The summed E-state index contributed by atoms with van der Waals surface area (Å²) in [5, 5.41) is 24.9. The van der Waals surface area contributed by atoms with Gasteiger partial charge in [0.15, 0.2) is 0 Å². The third kappa shape index (κ3) is 3.53. The van der Waals surface area contributed by atoms with Gasteiger partial charge in [-0.25, -0.2) is 9.97 Å². The number of carbonyl (C=O) groups excluding carboxylic acids is 1. The first-order valence-corrected chi connectivity index (χ1v) is 8.23. The minimum Gasteiger partial charge on any atom is -0.361 e. The molecule has 0 aromatic carbocycles. The number of allylic oxidation sites excluding steroid dienone is 4. The van der Waals surface area contributed by atoms with E-state index >= 15 is 0 Å². The molecule has 2 aromatic rings. The third-order valence-corrected chi connectivity index (χ3v) is 4.21. The molecule has 3 heterocycles. The number of carbonyl (C=O) groups is 1. The van der Waals surface area contributed by atoms with E-state index in [1.807, 2.05) is 0 Å². The van der Waals surface area contributed by atoms with Crippen molar-refractivity contribution in [3.05, 3.63) is 76.5 Å². The summed E-state index contributed by atoms with van der Waals surface area (Å²) in [6, 6.07) is 14.5. The molecule has 2 aromatic heterocycles. The molecule has 3 rings (SSSR count). The van der Waals surface area contributed by atoms with Crippen LogP contribution in [0.1, 0.15) is 35.9 Å². The number of anilines is 1. The Bertz CT molecular complexity index is 1000. The van der Waals surface area contributed by atoms with E-state index in [0.717, 1.165) is 0 Å². The first-order chi connectivity index (χ1) is 13.0. The Morgan fingerprint density at radius 3 is 2.37 bits per heavy atom. The van der Waals surface area contributed by atoms with Crippen LogP contribution in [-0.2, 0) is 0 Å². The largest absolute Gasteiger partial charge is 0.361 e. The van der Waals surface area contributed by atoms with Crippen molar-refractivity contribution in [3.8, 4) is 12.1 Å². The van der Waals surface area contributed by atoms with Crippen molar-refractivity contribution in [2.24, 2.45) is 0 Å². The van der Waals surface area contributed by atoms with Crippen LogP contribution in [0.5, 0.6) is 0 Å². The Morgan fingerprint density at radius 1 is 1.07 bits per heavy atom. The van der Waals surface area contributed by atoms with Crippen LogP contribution in [-0.4, -0.2) is 15.9 Å². The van der Waals surface area contributed by atoms with Crippen LogP contribution in [0.25, 0.3) is 0 Å². The maximum absolute atomic E-state index is 12.5. The van der Waals surface area contributed by atoms with Crippen molar-refractivity contribution in [2.45, 2.75) is 19.8 Å². The van der Waals surface area contributed by atoms with Crippen molar-refractivity contribution < 1.29 is 4.79 Å². The molecule has 1 amide bonds. The normalized spacial score (nSPS) is 14.2. The van der Waals surface area contributed by atoms with E-state index in [0.29, 0.717) is 34.1 Å². The van der Waals surface area contributed by atoms with Crippen LogP contribution in [0.15, 0.2) is 65.1 Å². The molecule has 0 radical (unpaired) electrons. The number of aromatic nitrogens is 2. The first-order valence-electron chi connectivity index (χ1n) is 8.23. The summed E-state index contributed by atoms with van der Waals surface area (Å²) in [5.74, 6) is -0.606. The molecule has 0 unspecified atom stereocenters. The van der Waals surface area contributed by atoms with E-state index < -0.39 is 11.8 Å². The average molecular weight is 356 g/mol. The molecule has 0 aliphatic carbocycles. The second-order valence-corrected chi connectivity index (χ2v) is 5.98. The van der Waals surface area contributed by atoms with Crippen molar-refractivity contribution in [1.29, 1.82) is 10.5 Å². The van der Waals surface area contributed by atoms with Crippen molar-refractivity contribution in [2.75, 3.05) is 5.32 Å². The minimum atomic E-state index is -0.608. The highest BCUT2D eigenvalue weighted by Crippen LogP contribution is 2.36. The van der Waals surface area contributed by atoms with Gasteiger partial charge in [-0.2, -0.15) is 10.5 Å². The van der Waals surface area contributed by atoms with Gasteiger partial charge < -0.3 is 10.6 Å². The Hall–Kier alpha value is -3.97. The summed E-state index contributed by atoms with van der Waals surface area (Å²) < 4.78 is 0. The molecule has 1 aliphatic heterocycles. The fourth-order valence-corrected chi connectivity index (χ4v) is 2.94. The SMILES string of the molecule is CC1=C(C#N)C(c2cccc(C(=O)Nc3ccccn3)n2)C(C#N)=C(C)N1. The predicted molar refractivity (Wildman–Crippen MR) is 98.9 cm³/mol. The highest BCUT2D eigenvalue weighted by Gasteiger charge is 2.30. The Balaban J connectivity index is 1.99. The van der Waals surface area contributed by atoms with E-state index in [4.69, 9.17) is 0 Å². The molecule has 0 fully saturated rings. The summed E-state index contributed by atoms with van der Waals surface area (Å²) in [6.07, 6.45) is 1.58. The lowest BCUT2D eigenvalue weighted by Crippen LogP contribution is -2.24. The van der Waals surface area contributed by atoms with Gasteiger partial charge in [0.2, 0.25) is 0 Å². The Morgan fingerprint density at radius 2 is 1.78 bits per heavy atom. The number of rotatable bonds is 3. The minimum absolute atomic E-state index is 0.182. The molecule has 0 bridgehead atoms. The molecule has 0 spiro atoms. The second kappa shape index (κ2) is 7.51. The van der Waals surface area contributed by atoms with E-state index in [1.54, 1.807) is 56.4 Å².